The minimum Gasteiger partial charge on any atom is -0.297 e. The van der Waals surface area contributed by atoms with Gasteiger partial charge in [-0.25, -0.2) is 0 Å². The summed E-state index contributed by atoms with van der Waals surface area (Å²) in [4.78, 5) is 25.0. The molecule has 0 bridgehead atoms. The van der Waals surface area contributed by atoms with E-state index < -0.39 is 0 Å². The Morgan fingerprint density at radius 1 is 1.21 bits per heavy atom. The molecule has 0 saturated carbocycles. The highest BCUT2D eigenvalue weighted by molar-refractivity contribution is 7.23. The molecule has 0 N–H and O–H groups in total. The number of aldehydes is 1. The zero-order valence-electron chi connectivity index (χ0n) is 6.94. The van der Waals surface area contributed by atoms with Crippen LogP contribution in [0.4, 0.5) is 0 Å². The normalized spacial score (nSPS) is 12.7. The molecule has 0 aromatic carbocycles. The molecule has 2 aromatic rings. The van der Waals surface area contributed by atoms with E-state index in [-0.39, 0.29) is 5.78 Å². The molecule has 68 valence electrons. The number of fused-ring (bicyclic) bond motifs is 3. The van der Waals surface area contributed by atoms with E-state index in [4.69, 9.17) is 0 Å². The summed E-state index contributed by atoms with van der Waals surface area (Å²) in [6, 6.07) is 3.53. The molecule has 0 radical (unpaired) electrons. The number of carbonyl (C=O) groups is 2. The van der Waals surface area contributed by atoms with Crippen molar-refractivity contribution < 1.29 is 9.59 Å². The molecule has 14 heavy (non-hydrogen) atoms. The van der Waals surface area contributed by atoms with Crippen molar-refractivity contribution >= 4 is 34.7 Å². The largest absolute Gasteiger partial charge is 0.297 e. The van der Waals surface area contributed by atoms with Crippen LogP contribution in [0.2, 0.25) is 0 Å². The van der Waals surface area contributed by atoms with Gasteiger partial charge in [0.1, 0.15) is 0 Å². The van der Waals surface area contributed by atoms with Crippen molar-refractivity contribution in [2.75, 3.05) is 0 Å². The van der Waals surface area contributed by atoms with Gasteiger partial charge in [0.25, 0.3) is 0 Å². The second kappa shape index (κ2) is 2.62. The fourth-order valence-corrected chi connectivity index (χ4v) is 3.65. The lowest BCUT2D eigenvalue weighted by Gasteiger charge is -1.85. The van der Waals surface area contributed by atoms with Gasteiger partial charge < -0.3 is 0 Å². The molecule has 0 saturated heterocycles. The van der Waals surface area contributed by atoms with E-state index in [0.29, 0.717) is 10.4 Å². The van der Waals surface area contributed by atoms with Crippen LogP contribution in [0.5, 0.6) is 0 Å². The van der Waals surface area contributed by atoms with E-state index in [2.05, 4.69) is 0 Å². The van der Waals surface area contributed by atoms with Crippen molar-refractivity contribution in [3.8, 4) is 9.75 Å². The van der Waals surface area contributed by atoms with Gasteiger partial charge in [0.05, 0.1) is 14.6 Å². The van der Waals surface area contributed by atoms with E-state index in [0.717, 1.165) is 21.6 Å². The first-order valence-electron chi connectivity index (χ1n) is 4.03. The average molecular weight is 220 g/mol. The molecule has 0 fully saturated rings. The monoisotopic (exact) mass is 220 g/mol. The Kier molecular flexibility index (Phi) is 1.51. The number of ketones is 1. The van der Waals surface area contributed by atoms with E-state index >= 15 is 0 Å². The van der Waals surface area contributed by atoms with Crippen molar-refractivity contribution in [2.24, 2.45) is 0 Å². The van der Waals surface area contributed by atoms with Crippen molar-refractivity contribution in [1.82, 2.24) is 0 Å². The van der Waals surface area contributed by atoms with Crippen molar-refractivity contribution in [3.05, 3.63) is 33.5 Å². The predicted octanol–water partition coefficient (Wildman–Crippen LogP) is 2.83. The van der Waals surface area contributed by atoms with Gasteiger partial charge in [-0.1, -0.05) is 0 Å². The van der Waals surface area contributed by atoms with E-state index in [1.807, 2.05) is 11.4 Å². The van der Waals surface area contributed by atoms with Crippen molar-refractivity contribution in [2.45, 2.75) is 0 Å². The van der Waals surface area contributed by atoms with Crippen LogP contribution < -0.4 is 0 Å². The lowest BCUT2D eigenvalue weighted by atomic mass is 10.2. The molecule has 0 atom stereocenters. The third-order valence-electron chi connectivity index (χ3n) is 2.23. The summed E-state index contributed by atoms with van der Waals surface area (Å²) in [7, 11) is 0. The zero-order chi connectivity index (χ0) is 9.71. The highest BCUT2D eigenvalue weighted by Gasteiger charge is 2.30. The van der Waals surface area contributed by atoms with Crippen LogP contribution in [-0.2, 0) is 0 Å². The van der Waals surface area contributed by atoms with Crippen LogP contribution in [0.3, 0.4) is 0 Å². The minimum absolute atomic E-state index is 0.0561. The van der Waals surface area contributed by atoms with E-state index in [1.54, 1.807) is 17.4 Å². The zero-order valence-corrected chi connectivity index (χ0v) is 8.58. The Morgan fingerprint density at radius 2 is 2.07 bits per heavy atom. The molecule has 0 spiro atoms. The fourth-order valence-electron chi connectivity index (χ4n) is 1.61. The van der Waals surface area contributed by atoms with Crippen LogP contribution in [0.1, 0.15) is 25.6 Å². The Bertz CT molecular complexity index is 548. The molecular formula is C10H4O2S2. The van der Waals surface area contributed by atoms with Gasteiger partial charge in [0, 0.05) is 11.1 Å². The predicted molar refractivity (Wildman–Crippen MR) is 56.5 cm³/mol. The molecular weight excluding hydrogens is 216 g/mol. The maximum absolute atomic E-state index is 11.8. The number of thiophene rings is 2. The van der Waals surface area contributed by atoms with Crippen LogP contribution in [0.15, 0.2) is 17.5 Å². The van der Waals surface area contributed by atoms with Crippen LogP contribution in [0.25, 0.3) is 9.75 Å². The maximum atomic E-state index is 11.8. The molecule has 1 aliphatic carbocycles. The summed E-state index contributed by atoms with van der Waals surface area (Å²) in [5.74, 6) is 0.0561. The Morgan fingerprint density at radius 3 is 2.86 bits per heavy atom. The maximum Gasteiger partial charge on any atom is 0.196 e. The molecule has 0 unspecified atom stereocenters. The Balaban J connectivity index is 2.35. The van der Waals surface area contributed by atoms with Gasteiger partial charge in [0.2, 0.25) is 0 Å². The van der Waals surface area contributed by atoms with Gasteiger partial charge >= 0.3 is 0 Å². The Labute approximate surface area is 87.8 Å². The van der Waals surface area contributed by atoms with Crippen molar-refractivity contribution in [3.63, 3.8) is 0 Å². The van der Waals surface area contributed by atoms with E-state index in [1.165, 1.54) is 11.3 Å². The summed E-state index contributed by atoms with van der Waals surface area (Å²) in [6.07, 6.45) is 0.795. The van der Waals surface area contributed by atoms with Crippen LogP contribution in [0, 0.1) is 0 Å². The lowest BCUT2D eigenvalue weighted by molar-refractivity contribution is 0.104. The standard InChI is InChI=1S/C10H4O2S2/c11-4-5-3-7-8(12)6-1-2-13-9(6)10(7)14-5/h1-4H. The summed E-state index contributed by atoms with van der Waals surface area (Å²) in [6.45, 7) is 0. The molecule has 0 aliphatic heterocycles. The summed E-state index contributed by atoms with van der Waals surface area (Å²) < 4.78 is 0. The van der Waals surface area contributed by atoms with Gasteiger partial charge in [-0.2, -0.15) is 0 Å². The first-order valence-corrected chi connectivity index (χ1v) is 5.72. The topological polar surface area (TPSA) is 34.1 Å². The van der Waals surface area contributed by atoms with Crippen LogP contribution >= 0.6 is 22.7 Å². The summed E-state index contributed by atoms with van der Waals surface area (Å²) in [5.41, 5.74) is 1.48. The Hall–Kier alpha value is -1.26. The van der Waals surface area contributed by atoms with E-state index in [9.17, 15) is 9.59 Å². The first-order chi connectivity index (χ1) is 6.81. The SMILES string of the molecule is O=Cc1cc2c(s1)-c1sccc1C2=O. The molecule has 2 aromatic heterocycles. The molecule has 3 rings (SSSR count). The average Bonchev–Trinajstić information content (AvgIpc) is 2.84. The molecule has 2 nitrogen and oxygen atoms in total. The highest BCUT2D eigenvalue weighted by atomic mass is 32.1. The second-order valence-electron chi connectivity index (χ2n) is 3.00. The lowest BCUT2D eigenvalue weighted by Crippen LogP contribution is -1.91. The first kappa shape index (κ1) is 8.08. The number of rotatable bonds is 1. The van der Waals surface area contributed by atoms with Gasteiger partial charge in [-0.05, 0) is 17.5 Å². The summed E-state index contributed by atoms with van der Waals surface area (Å²) in [5, 5.41) is 1.91. The smallest absolute Gasteiger partial charge is 0.196 e. The van der Waals surface area contributed by atoms with Crippen molar-refractivity contribution in [1.29, 1.82) is 0 Å². The highest BCUT2D eigenvalue weighted by Crippen LogP contribution is 2.44. The van der Waals surface area contributed by atoms with Crippen LogP contribution in [-0.4, -0.2) is 12.1 Å². The molecule has 2 heterocycles. The quantitative estimate of drug-likeness (QED) is 0.591. The second-order valence-corrected chi connectivity index (χ2v) is 5.00. The molecule has 1 aliphatic rings. The minimum atomic E-state index is 0.0561. The van der Waals surface area contributed by atoms with Gasteiger partial charge in [-0.3, -0.25) is 9.59 Å². The third-order valence-corrected chi connectivity index (χ3v) is 4.37. The van der Waals surface area contributed by atoms with Gasteiger partial charge in [-0.15, -0.1) is 22.7 Å². The number of hydrogen-bond acceptors (Lipinski definition) is 4. The molecule has 4 heteroatoms. The van der Waals surface area contributed by atoms with Gasteiger partial charge in [0.15, 0.2) is 12.1 Å². The third kappa shape index (κ3) is 0.844. The number of carbonyl (C=O) groups excluding carboxylic acids is 2. The fraction of sp³-hybridized carbons (Fsp3) is 0. The number of hydrogen-bond donors (Lipinski definition) is 0. The molecule has 0 amide bonds. The summed E-state index contributed by atoms with van der Waals surface area (Å²) >= 11 is 2.95.